The molecule has 2 heterocycles. The van der Waals surface area contributed by atoms with Gasteiger partial charge in [0.05, 0.1) is 0 Å². The summed E-state index contributed by atoms with van der Waals surface area (Å²) in [6.07, 6.45) is 0. The molecule has 1 saturated heterocycles. The first-order chi connectivity index (χ1) is 7.88. The highest BCUT2D eigenvalue weighted by Gasteiger charge is 2.30. The molecule has 4 nitrogen and oxygen atoms in total. The van der Waals surface area contributed by atoms with Crippen LogP contribution in [0.25, 0.3) is 0 Å². The van der Waals surface area contributed by atoms with Gasteiger partial charge >= 0.3 is 0 Å². The lowest BCUT2D eigenvalue weighted by atomic mass is 9.85. The predicted molar refractivity (Wildman–Crippen MR) is 71.4 cm³/mol. The number of aryl methyl sites for hydroxylation is 2. The Hall–Kier alpha value is -1.03. The number of hydrogen-bond acceptors (Lipinski definition) is 3. The average Bonchev–Trinajstić information content (AvgIpc) is 2.58. The molecule has 0 aromatic carbocycles. The summed E-state index contributed by atoms with van der Waals surface area (Å²) < 4.78 is 1.95. The van der Waals surface area contributed by atoms with Crippen molar-refractivity contribution in [2.75, 3.05) is 24.5 Å². The third-order valence-electron chi connectivity index (χ3n) is 3.65. The van der Waals surface area contributed by atoms with Gasteiger partial charge in [-0.05, 0) is 12.3 Å². The fourth-order valence-electron chi connectivity index (χ4n) is 2.23. The van der Waals surface area contributed by atoms with Crippen molar-refractivity contribution in [3.8, 4) is 0 Å². The molecule has 2 rings (SSSR count). The summed E-state index contributed by atoms with van der Waals surface area (Å²) in [5, 5.41) is 8.17. The molecule has 1 fully saturated rings. The minimum Gasteiger partial charge on any atom is -0.352 e. The molecular formula is C13H24N4. The highest BCUT2D eigenvalue weighted by Crippen LogP contribution is 2.24. The van der Waals surface area contributed by atoms with Crippen LogP contribution in [-0.4, -0.2) is 35.5 Å². The van der Waals surface area contributed by atoms with Crippen molar-refractivity contribution in [1.82, 2.24) is 15.1 Å². The number of nitrogens with one attached hydrogen (secondary N) is 1. The third kappa shape index (κ3) is 2.63. The van der Waals surface area contributed by atoms with Gasteiger partial charge < -0.3 is 10.2 Å². The van der Waals surface area contributed by atoms with Gasteiger partial charge in [0, 0.05) is 44.5 Å². The normalized spacial score (nSPS) is 21.9. The van der Waals surface area contributed by atoms with E-state index in [2.05, 4.69) is 49.1 Å². The quantitative estimate of drug-likeness (QED) is 0.803. The average molecular weight is 236 g/mol. The molecule has 1 aliphatic heterocycles. The Morgan fingerprint density at radius 2 is 2.12 bits per heavy atom. The van der Waals surface area contributed by atoms with Crippen LogP contribution < -0.4 is 10.2 Å². The van der Waals surface area contributed by atoms with Gasteiger partial charge in [-0.1, -0.05) is 20.8 Å². The second kappa shape index (κ2) is 4.33. The number of hydrogen-bond donors (Lipinski definition) is 1. The van der Waals surface area contributed by atoms with Crippen molar-refractivity contribution in [1.29, 1.82) is 0 Å². The van der Waals surface area contributed by atoms with Crippen LogP contribution in [0.3, 0.4) is 0 Å². The minimum atomic E-state index is 0.294. The lowest BCUT2D eigenvalue weighted by molar-refractivity contribution is 0.253. The maximum Gasteiger partial charge on any atom is 0.150 e. The summed E-state index contributed by atoms with van der Waals surface area (Å²) in [7, 11) is 2.00. The summed E-state index contributed by atoms with van der Waals surface area (Å²) >= 11 is 0. The molecule has 0 saturated carbocycles. The van der Waals surface area contributed by atoms with Gasteiger partial charge in [-0.2, -0.15) is 5.10 Å². The van der Waals surface area contributed by atoms with E-state index in [1.165, 1.54) is 5.69 Å². The molecule has 1 N–H and O–H groups in total. The molecule has 96 valence electrons. The SMILES string of the molecule is Cc1cc(N2CCNC(C(C)(C)C)C2)nn1C. The maximum atomic E-state index is 4.57. The van der Waals surface area contributed by atoms with E-state index in [1.54, 1.807) is 0 Å². The van der Waals surface area contributed by atoms with Crippen LogP contribution in [0.1, 0.15) is 26.5 Å². The molecule has 1 atom stereocenters. The molecule has 0 amide bonds. The predicted octanol–water partition coefficient (Wildman–Crippen LogP) is 1.55. The largest absolute Gasteiger partial charge is 0.352 e. The molecule has 1 aromatic rings. The van der Waals surface area contributed by atoms with Crippen molar-refractivity contribution in [3.63, 3.8) is 0 Å². The Bertz CT molecular complexity index is 369. The summed E-state index contributed by atoms with van der Waals surface area (Å²) in [5.74, 6) is 1.11. The monoisotopic (exact) mass is 236 g/mol. The fourth-order valence-corrected chi connectivity index (χ4v) is 2.23. The van der Waals surface area contributed by atoms with Crippen LogP contribution in [0, 0.1) is 12.3 Å². The van der Waals surface area contributed by atoms with E-state index in [0.29, 0.717) is 11.5 Å². The Morgan fingerprint density at radius 3 is 2.65 bits per heavy atom. The first-order valence-electron chi connectivity index (χ1n) is 6.37. The lowest BCUT2D eigenvalue weighted by Gasteiger charge is -2.40. The Kier molecular flexibility index (Phi) is 3.17. The first-order valence-corrected chi connectivity index (χ1v) is 6.37. The van der Waals surface area contributed by atoms with Gasteiger partial charge in [-0.3, -0.25) is 4.68 Å². The minimum absolute atomic E-state index is 0.294. The second-order valence-electron chi connectivity index (χ2n) is 6.09. The summed E-state index contributed by atoms with van der Waals surface area (Å²) in [5.41, 5.74) is 1.51. The zero-order valence-electron chi connectivity index (χ0n) is 11.6. The Labute approximate surface area is 104 Å². The number of aromatic nitrogens is 2. The summed E-state index contributed by atoms with van der Waals surface area (Å²) in [4.78, 5) is 2.39. The summed E-state index contributed by atoms with van der Waals surface area (Å²) in [6.45, 7) is 12.1. The number of anilines is 1. The van der Waals surface area contributed by atoms with E-state index in [-0.39, 0.29) is 0 Å². The molecule has 1 unspecified atom stereocenters. The van der Waals surface area contributed by atoms with E-state index in [1.807, 2.05) is 11.7 Å². The van der Waals surface area contributed by atoms with Gasteiger partial charge in [0.15, 0.2) is 5.82 Å². The third-order valence-corrected chi connectivity index (χ3v) is 3.65. The molecular weight excluding hydrogens is 212 g/mol. The van der Waals surface area contributed by atoms with Crippen LogP contribution in [-0.2, 0) is 7.05 Å². The second-order valence-corrected chi connectivity index (χ2v) is 6.09. The highest BCUT2D eigenvalue weighted by atomic mass is 15.4. The smallest absolute Gasteiger partial charge is 0.150 e. The van der Waals surface area contributed by atoms with E-state index in [4.69, 9.17) is 0 Å². The number of nitrogens with zero attached hydrogens (tertiary/aromatic N) is 3. The Balaban J connectivity index is 2.12. The van der Waals surface area contributed by atoms with Crippen LogP contribution in [0.4, 0.5) is 5.82 Å². The van der Waals surface area contributed by atoms with Crippen LogP contribution in [0.15, 0.2) is 6.07 Å². The van der Waals surface area contributed by atoms with Gasteiger partial charge in [-0.15, -0.1) is 0 Å². The highest BCUT2D eigenvalue weighted by molar-refractivity contribution is 5.40. The standard InChI is InChI=1S/C13H24N4/c1-10-8-12(15-16(10)5)17-7-6-14-11(9-17)13(2,3)4/h8,11,14H,6-7,9H2,1-5H3. The van der Waals surface area contributed by atoms with Gasteiger partial charge in [0.1, 0.15) is 0 Å². The van der Waals surface area contributed by atoms with Crippen LogP contribution in [0.5, 0.6) is 0 Å². The molecule has 0 radical (unpaired) electrons. The molecule has 0 spiro atoms. The maximum absolute atomic E-state index is 4.57. The molecule has 1 aromatic heterocycles. The molecule has 0 aliphatic carbocycles. The van der Waals surface area contributed by atoms with E-state index in [9.17, 15) is 0 Å². The van der Waals surface area contributed by atoms with Gasteiger partial charge in [0.25, 0.3) is 0 Å². The van der Waals surface area contributed by atoms with E-state index >= 15 is 0 Å². The number of rotatable bonds is 1. The fraction of sp³-hybridized carbons (Fsp3) is 0.769. The van der Waals surface area contributed by atoms with Crippen molar-refractivity contribution >= 4 is 5.82 Å². The Morgan fingerprint density at radius 1 is 1.41 bits per heavy atom. The van der Waals surface area contributed by atoms with Crippen molar-refractivity contribution in [3.05, 3.63) is 11.8 Å². The molecule has 4 heteroatoms. The zero-order valence-corrected chi connectivity index (χ0v) is 11.6. The van der Waals surface area contributed by atoms with E-state index in [0.717, 1.165) is 25.5 Å². The van der Waals surface area contributed by atoms with Crippen LogP contribution >= 0.6 is 0 Å². The summed E-state index contributed by atoms with van der Waals surface area (Å²) in [6, 6.07) is 2.70. The van der Waals surface area contributed by atoms with Gasteiger partial charge in [-0.25, -0.2) is 0 Å². The number of piperazine rings is 1. The molecule has 17 heavy (non-hydrogen) atoms. The zero-order chi connectivity index (χ0) is 12.6. The van der Waals surface area contributed by atoms with Crippen molar-refractivity contribution in [2.45, 2.75) is 33.7 Å². The van der Waals surface area contributed by atoms with Gasteiger partial charge in [0.2, 0.25) is 0 Å². The van der Waals surface area contributed by atoms with E-state index < -0.39 is 0 Å². The molecule has 0 bridgehead atoms. The van der Waals surface area contributed by atoms with Crippen molar-refractivity contribution in [2.24, 2.45) is 12.5 Å². The van der Waals surface area contributed by atoms with Crippen molar-refractivity contribution < 1.29 is 0 Å². The lowest BCUT2D eigenvalue weighted by Crippen LogP contribution is -2.56. The molecule has 1 aliphatic rings. The topological polar surface area (TPSA) is 33.1 Å². The van der Waals surface area contributed by atoms with Crippen LogP contribution in [0.2, 0.25) is 0 Å². The first kappa shape index (κ1) is 12.4.